The van der Waals surface area contributed by atoms with Crippen LogP contribution in [-0.4, -0.2) is 20.6 Å². The Labute approximate surface area is 126 Å². The van der Waals surface area contributed by atoms with E-state index >= 15 is 0 Å². The Hall–Kier alpha value is -2.90. The van der Waals surface area contributed by atoms with Crippen LogP contribution in [-0.2, 0) is 11.3 Å². The lowest BCUT2D eigenvalue weighted by atomic mass is 10.2. The van der Waals surface area contributed by atoms with Crippen LogP contribution < -0.4 is 0 Å². The quantitative estimate of drug-likeness (QED) is 0.752. The third kappa shape index (κ3) is 2.63. The molecule has 0 aliphatic carbocycles. The van der Waals surface area contributed by atoms with Crippen molar-refractivity contribution >= 4 is 17.0 Å². The van der Waals surface area contributed by atoms with Gasteiger partial charge in [0.05, 0.1) is 11.0 Å². The molecule has 0 atom stereocenters. The minimum atomic E-state index is -1.25. The van der Waals surface area contributed by atoms with Crippen molar-refractivity contribution in [1.29, 1.82) is 0 Å². The van der Waals surface area contributed by atoms with E-state index in [4.69, 9.17) is 5.11 Å². The molecule has 0 radical (unpaired) electrons. The first kappa shape index (κ1) is 15.0. The van der Waals surface area contributed by atoms with Gasteiger partial charge in [-0.1, -0.05) is 0 Å². The summed E-state index contributed by atoms with van der Waals surface area (Å²) in [6.45, 7) is -0.601. The highest BCUT2D eigenvalue weighted by Crippen LogP contribution is 2.27. The predicted molar refractivity (Wildman–Crippen MR) is 72.6 cm³/mol. The normalized spacial score (nSPS) is 11.1. The van der Waals surface area contributed by atoms with Crippen molar-refractivity contribution in [2.24, 2.45) is 0 Å². The highest BCUT2D eigenvalue weighted by molar-refractivity contribution is 5.83. The van der Waals surface area contributed by atoms with Crippen molar-refractivity contribution in [2.45, 2.75) is 6.54 Å². The molecule has 0 spiro atoms. The summed E-state index contributed by atoms with van der Waals surface area (Å²) < 4.78 is 54.3. The average Bonchev–Trinajstić information content (AvgIpc) is 2.80. The summed E-state index contributed by atoms with van der Waals surface area (Å²) in [5, 5.41) is 8.99. The molecule has 2 aromatic carbocycles. The standard InChI is InChI=1S/C15H8F4N2O2/c16-8-2-1-7(3-9(8)17)15-20-12-4-10(18)11(19)5-13(12)21(15)6-14(22)23/h1-5H,6H2,(H,22,23). The second kappa shape index (κ2) is 5.38. The van der Waals surface area contributed by atoms with Crippen LogP contribution in [0.4, 0.5) is 17.6 Å². The van der Waals surface area contributed by atoms with Gasteiger partial charge in [0.15, 0.2) is 23.3 Å². The Morgan fingerprint density at radius 3 is 2.30 bits per heavy atom. The van der Waals surface area contributed by atoms with Crippen molar-refractivity contribution < 1.29 is 27.5 Å². The number of carbonyl (C=O) groups is 1. The summed E-state index contributed by atoms with van der Waals surface area (Å²) in [4.78, 5) is 15.0. The van der Waals surface area contributed by atoms with E-state index in [0.29, 0.717) is 0 Å². The largest absolute Gasteiger partial charge is 0.480 e. The smallest absolute Gasteiger partial charge is 0.323 e. The molecule has 4 nitrogen and oxygen atoms in total. The van der Waals surface area contributed by atoms with Crippen LogP contribution in [0.25, 0.3) is 22.4 Å². The molecule has 0 fully saturated rings. The topological polar surface area (TPSA) is 55.1 Å². The summed E-state index contributed by atoms with van der Waals surface area (Å²) in [6, 6.07) is 4.51. The third-order valence-electron chi connectivity index (χ3n) is 3.26. The molecule has 0 saturated heterocycles. The molecule has 0 unspecified atom stereocenters. The number of hydrogen-bond donors (Lipinski definition) is 1. The zero-order valence-corrected chi connectivity index (χ0v) is 11.4. The number of aliphatic carboxylic acids is 1. The maximum absolute atomic E-state index is 13.4. The van der Waals surface area contributed by atoms with Gasteiger partial charge >= 0.3 is 5.97 Å². The van der Waals surface area contributed by atoms with E-state index in [-0.39, 0.29) is 22.4 Å². The minimum Gasteiger partial charge on any atom is -0.480 e. The Morgan fingerprint density at radius 1 is 1.00 bits per heavy atom. The number of imidazole rings is 1. The molecule has 0 saturated carbocycles. The first-order valence-corrected chi connectivity index (χ1v) is 6.39. The van der Waals surface area contributed by atoms with Crippen LogP contribution in [0.3, 0.4) is 0 Å². The molecular formula is C15H8F4N2O2. The predicted octanol–water partition coefficient (Wildman–Crippen LogP) is 3.34. The van der Waals surface area contributed by atoms with Crippen LogP contribution in [0.5, 0.6) is 0 Å². The molecular weight excluding hydrogens is 316 g/mol. The maximum Gasteiger partial charge on any atom is 0.323 e. The summed E-state index contributed by atoms with van der Waals surface area (Å²) in [7, 11) is 0. The van der Waals surface area contributed by atoms with E-state index < -0.39 is 35.8 Å². The van der Waals surface area contributed by atoms with E-state index in [1.165, 1.54) is 6.07 Å². The lowest BCUT2D eigenvalue weighted by Gasteiger charge is -2.07. The number of aromatic nitrogens is 2. The van der Waals surface area contributed by atoms with Crippen LogP contribution in [0.15, 0.2) is 30.3 Å². The summed E-state index contributed by atoms with van der Waals surface area (Å²) >= 11 is 0. The highest BCUT2D eigenvalue weighted by atomic mass is 19.2. The van der Waals surface area contributed by atoms with E-state index in [2.05, 4.69) is 4.98 Å². The van der Waals surface area contributed by atoms with Crippen molar-refractivity contribution in [2.75, 3.05) is 0 Å². The fourth-order valence-corrected chi connectivity index (χ4v) is 2.27. The third-order valence-corrected chi connectivity index (χ3v) is 3.26. The molecule has 0 amide bonds. The zero-order valence-electron chi connectivity index (χ0n) is 11.4. The number of carboxylic acids is 1. The highest BCUT2D eigenvalue weighted by Gasteiger charge is 2.18. The Bertz CT molecular complexity index is 937. The van der Waals surface area contributed by atoms with Gasteiger partial charge in [-0.2, -0.15) is 0 Å². The van der Waals surface area contributed by atoms with Gasteiger partial charge in [-0.05, 0) is 18.2 Å². The number of rotatable bonds is 3. The molecule has 1 N–H and O–H groups in total. The number of benzene rings is 2. The fraction of sp³-hybridized carbons (Fsp3) is 0.0667. The van der Waals surface area contributed by atoms with Gasteiger partial charge in [-0.3, -0.25) is 4.79 Å². The molecule has 0 aliphatic rings. The first-order chi connectivity index (χ1) is 10.9. The van der Waals surface area contributed by atoms with Crippen molar-refractivity contribution in [3.05, 3.63) is 53.6 Å². The first-order valence-electron chi connectivity index (χ1n) is 6.39. The summed E-state index contributed by atoms with van der Waals surface area (Å²) in [6.07, 6.45) is 0. The summed E-state index contributed by atoms with van der Waals surface area (Å²) in [5.74, 6) is -5.82. The van der Waals surface area contributed by atoms with Crippen molar-refractivity contribution in [1.82, 2.24) is 9.55 Å². The molecule has 0 bridgehead atoms. The van der Waals surface area contributed by atoms with E-state index in [1.807, 2.05) is 0 Å². The molecule has 23 heavy (non-hydrogen) atoms. The second-order valence-corrected chi connectivity index (χ2v) is 4.80. The van der Waals surface area contributed by atoms with E-state index in [9.17, 15) is 22.4 Å². The molecule has 3 rings (SSSR count). The SMILES string of the molecule is O=C(O)Cn1c(-c2ccc(F)c(F)c2)nc2cc(F)c(F)cc21. The van der Waals surface area contributed by atoms with Crippen LogP contribution in [0, 0.1) is 23.3 Å². The second-order valence-electron chi connectivity index (χ2n) is 4.80. The molecule has 8 heteroatoms. The maximum atomic E-state index is 13.4. The molecule has 1 heterocycles. The molecule has 1 aromatic heterocycles. The van der Waals surface area contributed by atoms with Crippen molar-refractivity contribution in [3.8, 4) is 11.4 Å². The number of nitrogens with zero attached hydrogens (tertiary/aromatic N) is 2. The molecule has 0 aliphatic heterocycles. The monoisotopic (exact) mass is 324 g/mol. The van der Waals surface area contributed by atoms with E-state index in [0.717, 1.165) is 28.8 Å². The van der Waals surface area contributed by atoms with Crippen molar-refractivity contribution in [3.63, 3.8) is 0 Å². The van der Waals surface area contributed by atoms with Crippen LogP contribution in [0.2, 0.25) is 0 Å². The zero-order chi connectivity index (χ0) is 16.7. The Morgan fingerprint density at radius 2 is 1.65 bits per heavy atom. The van der Waals surface area contributed by atoms with Crippen LogP contribution >= 0.6 is 0 Å². The van der Waals surface area contributed by atoms with Crippen LogP contribution in [0.1, 0.15) is 0 Å². The lowest BCUT2D eigenvalue weighted by molar-refractivity contribution is -0.137. The summed E-state index contributed by atoms with van der Waals surface area (Å²) in [5.41, 5.74) is 0.123. The molecule has 3 aromatic rings. The Balaban J connectivity index is 2.29. The van der Waals surface area contributed by atoms with Gasteiger partial charge in [0.1, 0.15) is 12.4 Å². The minimum absolute atomic E-state index is 0.00452. The van der Waals surface area contributed by atoms with Gasteiger partial charge < -0.3 is 9.67 Å². The number of halogens is 4. The Kier molecular flexibility index (Phi) is 3.51. The van der Waals surface area contributed by atoms with Gasteiger partial charge in [-0.15, -0.1) is 0 Å². The fourth-order valence-electron chi connectivity index (χ4n) is 2.27. The van der Waals surface area contributed by atoms with Gasteiger partial charge in [0.25, 0.3) is 0 Å². The number of hydrogen-bond acceptors (Lipinski definition) is 2. The van der Waals surface area contributed by atoms with Gasteiger partial charge in [0.2, 0.25) is 0 Å². The van der Waals surface area contributed by atoms with Gasteiger partial charge in [-0.25, -0.2) is 22.5 Å². The van der Waals surface area contributed by atoms with E-state index in [1.54, 1.807) is 0 Å². The average molecular weight is 324 g/mol. The van der Waals surface area contributed by atoms with Gasteiger partial charge in [0, 0.05) is 17.7 Å². The number of fused-ring (bicyclic) bond motifs is 1. The molecule has 118 valence electrons. The lowest BCUT2D eigenvalue weighted by Crippen LogP contribution is -2.10. The number of carboxylic acid groups (broad SMARTS) is 1.